The van der Waals surface area contributed by atoms with Gasteiger partial charge in [0.25, 0.3) is 0 Å². The van der Waals surface area contributed by atoms with Gasteiger partial charge in [-0.2, -0.15) is 0 Å². The van der Waals surface area contributed by atoms with Crippen LogP contribution in [-0.2, 0) is 23.1 Å². The highest BCUT2D eigenvalue weighted by Crippen LogP contribution is 2.29. The van der Waals surface area contributed by atoms with Crippen molar-refractivity contribution in [1.29, 1.82) is 0 Å². The number of thiazole rings is 1. The SMILES string of the molecule is O=S(=O)(NCCc1nccs1)c1cc(Cl)cc(CO)c1Cl. The van der Waals surface area contributed by atoms with Crippen LogP contribution >= 0.6 is 34.5 Å². The molecule has 114 valence electrons. The summed E-state index contributed by atoms with van der Waals surface area (Å²) in [5.74, 6) is 0. The fourth-order valence-electron chi connectivity index (χ4n) is 1.68. The number of aliphatic hydroxyl groups excluding tert-OH is 1. The van der Waals surface area contributed by atoms with Crippen molar-refractivity contribution in [2.24, 2.45) is 0 Å². The molecular weight excluding hydrogens is 355 g/mol. The number of hydrogen-bond donors (Lipinski definition) is 2. The summed E-state index contributed by atoms with van der Waals surface area (Å²) in [7, 11) is -3.80. The van der Waals surface area contributed by atoms with E-state index in [1.54, 1.807) is 6.20 Å². The molecule has 1 aromatic heterocycles. The number of nitrogens with one attached hydrogen (secondary N) is 1. The number of hydrogen-bond acceptors (Lipinski definition) is 5. The number of aromatic nitrogens is 1. The lowest BCUT2D eigenvalue weighted by molar-refractivity contribution is 0.281. The Morgan fingerprint density at radius 3 is 2.71 bits per heavy atom. The van der Waals surface area contributed by atoms with Crippen LogP contribution in [-0.4, -0.2) is 25.1 Å². The van der Waals surface area contributed by atoms with Crippen LogP contribution in [0.3, 0.4) is 0 Å². The van der Waals surface area contributed by atoms with Gasteiger partial charge in [0.1, 0.15) is 4.90 Å². The normalized spacial score (nSPS) is 11.8. The lowest BCUT2D eigenvalue weighted by Crippen LogP contribution is -2.26. The first kappa shape index (κ1) is 16.7. The molecule has 2 N–H and O–H groups in total. The summed E-state index contributed by atoms with van der Waals surface area (Å²) in [6, 6.07) is 2.69. The molecule has 0 radical (unpaired) electrons. The number of sulfonamides is 1. The van der Waals surface area contributed by atoms with Gasteiger partial charge in [0.05, 0.1) is 16.6 Å². The van der Waals surface area contributed by atoms with E-state index in [-0.39, 0.29) is 33.7 Å². The second kappa shape index (κ2) is 7.04. The molecule has 0 atom stereocenters. The zero-order chi connectivity index (χ0) is 15.5. The predicted octanol–water partition coefficient (Wildman–Crippen LogP) is 2.46. The molecule has 1 heterocycles. The summed E-state index contributed by atoms with van der Waals surface area (Å²) in [6.07, 6.45) is 2.15. The van der Waals surface area contributed by atoms with Crippen LogP contribution in [0.15, 0.2) is 28.6 Å². The molecule has 0 aliphatic carbocycles. The van der Waals surface area contributed by atoms with Crippen molar-refractivity contribution >= 4 is 44.6 Å². The molecule has 2 rings (SSSR count). The van der Waals surface area contributed by atoms with Crippen molar-refractivity contribution in [3.8, 4) is 0 Å². The number of halogens is 2. The minimum Gasteiger partial charge on any atom is -0.392 e. The standard InChI is InChI=1S/C12H12Cl2N2O3S2/c13-9-5-8(7-17)12(14)10(6-9)21(18,19)16-2-1-11-15-3-4-20-11/h3-6,16-17H,1-2,7H2. The van der Waals surface area contributed by atoms with Crippen molar-refractivity contribution in [2.75, 3.05) is 6.54 Å². The van der Waals surface area contributed by atoms with Crippen LogP contribution < -0.4 is 4.72 Å². The van der Waals surface area contributed by atoms with Gasteiger partial charge in [0.2, 0.25) is 10.0 Å². The van der Waals surface area contributed by atoms with Gasteiger partial charge >= 0.3 is 0 Å². The first-order chi connectivity index (χ1) is 9.94. The Hall–Kier alpha value is -0.700. The second-order valence-corrected chi connectivity index (χ2v) is 7.64. The lowest BCUT2D eigenvalue weighted by atomic mass is 10.2. The van der Waals surface area contributed by atoms with E-state index in [1.165, 1.54) is 23.5 Å². The molecule has 0 saturated heterocycles. The van der Waals surface area contributed by atoms with Crippen molar-refractivity contribution in [2.45, 2.75) is 17.9 Å². The molecule has 9 heteroatoms. The van der Waals surface area contributed by atoms with Gasteiger partial charge in [-0.15, -0.1) is 11.3 Å². The molecule has 0 aliphatic rings. The fraction of sp³-hybridized carbons (Fsp3) is 0.250. The molecule has 0 aliphatic heterocycles. The third-order valence-electron chi connectivity index (χ3n) is 2.65. The fourth-order valence-corrected chi connectivity index (χ4v) is 4.25. The Morgan fingerprint density at radius 1 is 1.33 bits per heavy atom. The predicted molar refractivity (Wildman–Crippen MR) is 83.4 cm³/mol. The lowest BCUT2D eigenvalue weighted by Gasteiger charge is -2.11. The zero-order valence-electron chi connectivity index (χ0n) is 10.7. The summed E-state index contributed by atoms with van der Waals surface area (Å²) in [4.78, 5) is 3.93. The number of aliphatic hydroxyl groups is 1. The second-order valence-electron chi connectivity index (χ2n) is 4.11. The van der Waals surface area contributed by atoms with Gasteiger partial charge < -0.3 is 5.11 Å². The van der Waals surface area contributed by atoms with Crippen LogP contribution in [0.25, 0.3) is 0 Å². The van der Waals surface area contributed by atoms with Crippen molar-refractivity contribution in [3.05, 3.63) is 44.3 Å². The van der Waals surface area contributed by atoms with E-state index >= 15 is 0 Å². The minimum atomic E-state index is -3.80. The van der Waals surface area contributed by atoms with Crippen LogP contribution in [0, 0.1) is 0 Å². The maximum absolute atomic E-state index is 12.2. The monoisotopic (exact) mass is 366 g/mol. The van der Waals surface area contributed by atoms with Gasteiger partial charge in [-0.25, -0.2) is 18.1 Å². The van der Waals surface area contributed by atoms with Gasteiger partial charge in [0, 0.05) is 29.6 Å². The topological polar surface area (TPSA) is 79.3 Å². The molecule has 5 nitrogen and oxygen atoms in total. The molecular formula is C12H12Cl2N2O3S2. The molecule has 0 spiro atoms. The van der Waals surface area contributed by atoms with E-state index in [9.17, 15) is 8.42 Å². The van der Waals surface area contributed by atoms with Crippen LogP contribution in [0.5, 0.6) is 0 Å². The Morgan fingerprint density at radius 2 is 2.10 bits per heavy atom. The van der Waals surface area contributed by atoms with Crippen molar-refractivity contribution in [1.82, 2.24) is 9.71 Å². The Kier molecular flexibility index (Phi) is 5.59. The maximum atomic E-state index is 12.2. The van der Waals surface area contributed by atoms with E-state index in [2.05, 4.69) is 9.71 Å². The molecule has 21 heavy (non-hydrogen) atoms. The molecule has 0 amide bonds. The van der Waals surface area contributed by atoms with Crippen molar-refractivity contribution < 1.29 is 13.5 Å². The van der Waals surface area contributed by atoms with E-state index < -0.39 is 10.0 Å². The quantitative estimate of drug-likeness (QED) is 0.822. The third-order valence-corrected chi connectivity index (χ3v) is 5.75. The molecule has 0 saturated carbocycles. The average molecular weight is 367 g/mol. The van der Waals surface area contributed by atoms with Gasteiger partial charge in [-0.05, 0) is 17.7 Å². The van der Waals surface area contributed by atoms with Gasteiger partial charge in [-0.1, -0.05) is 23.2 Å². The molecule has 1 aromatic carbocycles. The smallest absolute Gasteiger partial charge is 0.242 e. The first-order valence-corrected chi connectivity index (χ1v) is 9.02. The van der Waals surface area contributed by atoms with Crippen LogP contribution in [0.2, 0.25) is 10.0 Å². The number of benzene rings is 1. The van der Waals surface area contributed by atoms with E-state index in [4.69, 9.17) is 28.3 Å². The summed E-state index contributed by atoms with van der Waals surface area (Å²) >= 11 is 13.3. The largest absolute Gasteiger partial charge is 0.392 e. The van der Waals surface area contributed by atoms with Crippen LogP contribution in [0.4, 0.5) is 0 Å². The summed E-state index contributed by atoms with van der Waals surface area (Å²) < 4.78 is 26.9. The molecule has 2 aromatic rings. The highest BCUT2D eigenvalue weighted by atomic mass is 35.5. The van der Waals surface area contributed by atoms with Gasteiger partial charge in [-0.3, -0.25) is 0 Å². The van der Waals surface area contributed by atoms with Gasteiger partial charge in [0.15, 0.2) is 0 Å². The zero-order valence-corrected chi connectivity index (χ0v) is 13.9. The Bertz CT molecular complexity index is 718. The highest BCUT2D eigenvalue weighted by molar-refractivity contribution is 7.89. The number of rotatable bonds is 6. The first-order valence-electron chi connectivity index (χ1n) is 5.91. The van der Waals surface area contributed by atoms with Crippen LogP contribution in [0.1, 0.15) is 10.6 Å². The van der Waals surface area contributed by atoms with E-state index in [0.29, 0.717) is 6.42 Å². The Balaban J connectivity index is 2.17. The molecule has 0 unspecified atom stereocenters. The van der Waals surface area contributed by atoms with Crippen molar-refractivity contribution in [3.63, 3.8) is 0 Å². The van der Waals surface area contributed by atoms with E-state index in [1.807, 2.05) is 5.38 Å². The summed E-state index contributed by atoms with van der Waals surface area (Å²) in [5.41, 5.74) is 0.268. The average Bonchev–Trinajstić information content (AvgIpc) is 2.93. The molecule has 0 bridgehead atoms. The third kappa shape index (κ3) is 4.15. The minimum absolute atomic E-state index is 0.0244. The summed E-state index contributed by atoms with van der Waals surface area (Å²) in [6.45, 7) is -0.186. The Labute approximate surface area is 136 Å². The maximum Gasteiger partial charge on any atom is 0.242 e. The van der Waals surface area contributed by atoms with E-state index in [0.717, 1.165) is 5.01 Å². The number of nitrogens with zero attached hydrogens (tertiary/aromatic N) is 1. The summed E-state index contributed by atoms with van der Waals surface area (Å²) in [5, 5.41) is 12.0. The highest BCUT2D eigenvalue weighted by Gasteiger charge is 2.20. The molecule has 0 fully saturated rings.